The van der Waals surface area contributed by atoms with Gasteiger partial charge in [0, 0.05) is 6.04 Å². The van der Waals surface area contributed by atoms with Gasteiger partial charge in [-0.25, -0.2) is 8.42 Å². The summed E-state index contributed by atoms with van der Waals surface area (Å²) < 4.78 is 25.0. The fourth-order valence-electron chi connectivity index (χ4n) is 2.94. The van der Waals surface area contributed by atoms with Crippen molar-refractivity contribution in [2.24, 2.45) is 0 Å². The number of nitrogens with one attached hydrogen (secondary N) is 1. The molecule has 0 fully saturated rings. The normalized spacial score (nSPS) is 22.4. The molecule has 2 atom stereocenters. The Morgan fingerprint density at radius 2 is 2.00 bits per heavy atom. The Morgan fingerprint density at radius 1 is 1.26 bits per heavy atom. The van der Waals surface area contributed by atoms with Gasteiger partial charge >= 0.3 is 0 Å². The molecule has 0 aliphatic heterocycles. The van der Waals surface area contributed by atoms with Gasteiger partial charge in [0.25, 0.3) is 0 Å². The predicted molar refractivity (Wildman–Crippen MR) is 79.0 cm³/mol. The van der Waals surface area contributed by atoms with Gasteiger partial charge in [-0.15, -0.1) is 0 Å². The Hall–Kier alpha value is -0.870. The van der Waals surface area contributed by atoms with E-state index in [1.807, 2.05) is 31.3 Å². The van der Waals surface area contributed by atoms with E-state index in [0.29, 0.717) is 12.2 Å². The van der Waals surface area contributed by atoms with Crippen LogP contribution in [0.15, 0.2) is 24.3 Å². The topological polar surface area (TPSA) is 46.2 Å². The molecule has 1 N–H and O–H groups in total. The third-order valence-electron chi connectivity index (χ3n) is 3.99. The molecule has 3 nitrogen and oxygen atoms in total. The summed E-state index contributed by atoms with van der Waals surface area (Å²) in [4.78, 5) is 0. The van der Waals surface area contributed by atoms with Crippen LogP contribution in [0.2, 0.25) is 0 Å². The number of rotatable bonds is 6. The molecule has 106 valence electrons. The molecular formula is C15H23NO2S. The highest BCUT2D eigenvalue weighted by Crippen LogP contribution is 2.35. The van der Waals surface area contributed by atoms with Crippen molar-refractivity contribution in [2.75, 3.05) is 12.8 Å². The van der Waals surface area contributed by atoms with E-state index < -0.39 is 9.84 Å². The van der Waals surface area contributed by atoms with Gasteiger partial charge in [0.2, 0.25) is 0 Å². The van der Waals surface area contributed by atoms with Crippen LogP contribution in [0.4, 0.5) is 0 Å². The number of hydrogen-bond donors (Lipinski definition) is 1. The zero-order valence-corrected chi connectivity index (χ0v) is 12.5. The Morgan fingerprint density at radius 3 is 2.68 bits per heavy atom. The summed E-state index contributed by atoms with van der Waals surface area (Å²) in [6.07, 6.45) is 3.47. The average molecular weight is 281 g/mol. The molecule has 0 heterocycles. The Labute approximate surface area is 116 Å². The lowest BCUT2D eigenvalue weighted by molar-refractivity contribution is 0.533. The van der Waals surface area contributed by atoms with E-state index in [0.717, 1.165) is 24.8 Å². The SMILES string of the molecule is CCCCCS(=O)(=O)C1Cc2ccccc2C1NC. The molecule has 2 unspecified atom stereocenters. The summed E-state index contributed by atoms with van der Waals surface area (Å²) in [7, 11) is -1.18. The number of unbranched alkanes of at least 4 members (excludes halogenated alkanes) is 2. The molecule has 4 heteroatoms. The quantitative estimate of drug-likeness (QED) is 0.815. The van der Waals surface area contributed by atoms with E-state index in [9.17, 15) is 8.42 Å². The standard InChI is InChI=1S/C15H23NO2S/c1-3-4-7-10-19(17,18)14-11-12-8-5-6-9-13(12)15(14)16-2/h5-6,8-9,14-16H,3-4,7,10-11H2,1-2H3. The smallest absolute Gasteiger partial charge is 0.155 e. The number of fused-ring (bicyclic) bond motifs is 1. The minimum atomic E-state index is -3.02. The van der Waals surface area contributed by atoms with Crippen molar-refractivity contribution in [3.63, 3.8) is 0 Å². The average Bonchev–Trinajstić information content (AvgIpc) is 2.78. The first kappa shape index (κ1) is 14.5. The van der Waals surface area contributed by atoms with Crippen molar-refractivity contribution in [3.8, 4) is 0 Å². The van der Waals surface area contributed by atoms with Crippen LogP contribution in [-0.4, -0.2) is 26.5 Å². The highest BCUT2D eigenvalue weighted by atomic mass is 32.2. The zero-order valence-electron chi connectivity index (χ0n) is 11.7. The van der Waals surface area contributed by atoms with Gasteiger partial charge in [0.05, 0.1) is 11.0 Å². The highest BCUT2D eigenvalue weighted by molar-refractivity contribution is 7.92. The fourth-order valence-corrected chi connectivity index (χ4v) is 4.98. The van der Waals surface area contributed by atoms with Crippen LogP contribution in [0.25, 0.3) is 0 Å². The first-order valence-corrected chi connectivity index (χ1v) is 8.78. The van der Waals surface area contributed by atoms with Crippen LogP contribution in [0.3, 0.4) is 0 Å². The second kappa shape index (κ2) is 6.06. The van der Waals surface area contributed by atoms with Crippen LogP contribution >= 0.6 is 0 Å². The van der Waals surface area contributed by atoms with Crippen molar-refractivity contribution >= 4 is 9.84 Å². The first-order chi connectivity index (χ1) is 9.10. The maximum atomic E-state index is 12.5. The van der Waals surface area contributed by atoms with Crippen LogP contribution in [0, 0.1) is 0 Å². The van der Waals surface area contributed by atoms with Crippen molar-refractivity contribution in [1.29, 1.82) is 0 Å². The summed E-state index contributed by atoms with van der Waals surface area (Å²) in [5, 5.41) is 2.89. The maximum absolute atomic E-state index is 12.5. The van der Waals surface area contributed by atoms with Gasteiger partial charge in [-0.1, -0.05) is 44.0 Å². The number of hydrogen-bond acceptors (Lipinski definition) is 3. The Balaban J connectivity index is 2.18. The van der Waals surface area contributed by atoms with Crippen LogP contribution < -0.4 is 5.32 Å². The minimum absolute atomic E-state index is 0.0529. The van der Waals surface area contributed by atoms with Gasteiger partial charge in [0.1, 0.15) is 0 Å². The minimum Gasteiger partial charge on any atom is -0.312 e. The largest absolute Gasteiger partial charge is 0.312 e. The lowest BCUT2D eigenvalue weighted by atomic mass is 10.1. The van der Waals surface area contributed by atoms with E-state index in [1.165, 1.54) is 5.56 Å². The number of sulfone groups is 1. The van der Waals surface area contributed by atoms with E-state index in [2.05, 4.69) is 12.2 Å². The Bertz CT molecular complexity index is 525. The molecule has 1 aromatic rings. The Kier molecular flexibility index (Phi) is 4.63. The molecule has 0 amide bonds. The summed E-state index contributed by atoms with van der Waals surface area (Å²) >= 11 is 0. The lowest BCUT2D eigenvalue weighted by Crippen LogP contribution is -2.34. The van der Waals surface area contributed by atoms with E-state index in [4.69, 9.17) is 0 Å². The molecule has 1 aromatic carbocycles. The molecule has 0 spiro atoms. The van der Waals surface area contributed by atoms with Crippen molar-refractivity contribution < 1.29 is 8.42 Å². The summed E-state index contributed by atoms with van der Waals surface area (Å²) in [6, 6.07) is 7.99. The third kappa shape index (κ3) is 3.00. The molecule has 0 radical (unpaired) electrons. The zero-order chi connectivity index (χ0) is 13.9. The second-order valence-electron chi connectivity index (χ2n) is 5.28. The van der Waals surface area contributed by atoms with Crippen molar-refractivity contribution in [3.05, 3.63) is 35.4 Å². The van der Waals surface area contributed by atoms with Gasteiger partial charge in [-0.05, 0) is 31.0 Å². The van der Waals surface area contributed by atoms with Gasteiger partial charge in [0.15, 0.2) is 9.84 Å². The first-order valence-electron chi connectivity index (χ1n) is 7.06. The van der Waals surface area contributed by atoms with Crippen molar-refractivity contribution in [2.45, 2.75) is 43.9 Å². The molecule has 19 heavy (non-hydrogen) atoms. The third-order valence-corrected chi connectivity index (χ3v) is 6.21. The second-order valence-corrected chi connectivity index (χ2v) is 7.62. The summed E-state index contributed by atoms with van der Waals surface area (Å²) in [5.74, 6) is 0.317. The predicted octanol–water partition coefficient (Wildman–Crippen LogP) is 2.48. The molecule has 0 aromatic heterocycles. The van der Waals surface area contributed by atoms with E-state index in [1.54, 1.807) is 0 Å². The molecule has 2 rings (SSSR count). The van der Waals surface area contributed by atoms with Crippen LogP contribution in [0.5, 0.6) is 0 Å². The van der Waals surface area contributed by atoms with E-state index in [-0.39, 0.29) is 11.3 Å². The van der Waals surface area contributed by atoms with Crippen LogP contribution in [-0.2, 0) is 16.3 Å². The maximum Gasteiger partial charge on any atom is 0.155 e. The molecule has 0 saturated heterocycles. The summed E-state index contributed by atoms with van der Waals surface area (Å²) in [5.41, 5.74) is 2.32. The van der Waals surface area contributed by atoms with Crippen molar-refractivity contribution in [1.82, 2.24) is 5.32 Å². The summed E-state index contributed by atoms with van der Waals surface area (Å²) in [6.45, 7) is 2.09. The van der Waals surface area contributed by atoms with Crippen LogP contribution in [0.1, 0.15) is 43.4 Å². The molecule has 1 aliphatic rings. The van der Waals surface area contributed by atoms with Gasteiger partial charge < -0.3 is 5.32 Å². The molecule has 0 bridgehead atoms. The van der Waals surface area contributed by atoms with Gasteiger partial charge in [-0.2, -0.15) is 0 Å². The van der Waals surface area contributed by atoms with E-state index >= 15 is 0 Å². The monoisotopic (exact) mass is 281 g/mol. The van der Waals surface area contributed by atoms with Gasteiger partial charge in [-0.3, -0.25) is 0 Å². The lowest BCUT2D eigenvalue weighted by Gasteiger charge is -2.20. The highest BCUT2D eigenvalue weighted by Gasteiger charge is 2.39. The molecule has 1 aliphatic carbocycles. The molecule has 0 saturated carbocycles. The fraction of sp³-hybridized carbons (Fsp3) is 0.600. The molecular weight excluding hydrogens is 258 g/mol. The number of benzene rings is 1.